The quantitative estimate of drug-likeness (QED) is 0.822. The first kappa shape index (κ1) is 18.6. The monoisotopic (exact) mass is 324 g/mol. The van der Waals surface area contributed by atoms with Gasteiger partial charge in [0.1, 0.15) is 5.60 Å². The molecule has 0 aromatic rings. The molecule has 0 spiro atoms. The van der Waals surface area contributed by atoms with Crippen LogP contribution in [0.15, 0.2) is 0 Å². The molecule has 0 bridgehead atoms. The lowest BCUT2D eigenvalue weighted by molar-refractivity contribution is 0.00402. The Kier molecular flexibility index (Phi) is 5.65. The van der Waals surface area contributed by atoms with E-state index >= 15 is 0 Å². The van der Waals surface area contributed by atoms with E-state index in [2.05, 4.69) is 26.1 Å². The minimum Gasteiger partial charge on any atom is -0.444 e. The topological polar surface area (TPSA) is 41.6 Å². The summed E-state index contributed by atoms with van der Waals surface area (Å²) in [6, 6.07) is 1.12. The molecule has 3 unspecified atom stereocenters. The summed E-state index contributed by atoms with van der Waals surface area (Å²) in [6.07, 6.45) is 7.23. The Morgan fingerprint density at radius 1 is 1.17 bits per heavy atom. The van der Waals surface area contributed by atoms with Crippen molar-refractivity contribution >= 4 is 6.09 Å². The summed E-state index contributed by atoms with van der Waals surface area (Å²) in [5, 5.41) is 3.90. The molecule has 1 amide bonds. The van der Waals surface area contributed by atoms with Gasteiger partial charge < -0.3 is 15.0 Å². The molecule has 1 aliphatic heterocycles. The van der Waals surface area contributed by atoms with E-state index in [1.807, 2.05) is 25.7 Å². The zero-order chi connectivity index (χ0) is 17.3. The van der Waals surface area contributed by atoms with Crippen LogP contribution in [0.25, 0.3) is 0 Å². The molecule has 1 saturated carbocycles. The lowest BCUT2D eigenvalue weighted by Crippen LogP contribution is -2.59. The molecular formula is C19H36N2O2. The van der Waals surface area contributed by atoms with Crippen LogP contribution < -0.4 is 5.32 Å². The van der Waals surface area contributed by atoms with E-state index in [0.29, 0.717) is 17.5 Å². The molecule has 2 fully saturated rings. The maximum atomic E-state index is 12.5. The van der Waals surface area contributed by atoms with E-state index in [9.17, 15) is 4.79 Å². The Morgan fingerprint density at radius 2 is 1.87 bits per heavy atom. The third-order valence-electron chi connectivity index (χ3n) is 5.54. The molecule has 134 valence electrons. The van der Waals surface area contributed by atoms with Crippen LogP contribution >= 0.6 is 0 Å². The van der Waals surface area contributed by atoms with Gasteiger partial charge in [0, 0.05) is 24.7 Å². The number of carbonyl (C=O) groups excluding carboxylic acids is 1. The molecule has 1 heterocycles. The molecule has 4 nitrogen and oxygen atoms in total. The van der Waals surface area contributed by atoms with E-state index < -0.39 is 5.60 Å². The van der Waals surface area contributed by atoms with Crippen LogP contribution in [0, 0.1) is 5.41 Å². The minimum absolute atomic E-state index is 0.167. The first-order valence-electron chi connectivity index (χ1n) is 9.36. The molecule has 3 atom stereocenters. The number of nitrogens with one attached hydrogen (secondary N) is 1. The van der Waals surface area contributed by atoms with Crippen LogP contribution in [-0.2, 0) is 4.74 Å². The highest BCUT2D eigenvalue weighted by atomic mass is 16.6. The summed E-state index contributed by atoms with van der Waals surface area (Å²) in [5.41, 5.74) is -0.0747. The second kappa shape index (κ2) is 7.00. The fourth-order valence-electron chi connectivity index (χ4n) is 4.01. The average molecular weight is 325 g/mol. The third kappa shape index (κ3) is 4.85. The molecule has 0 radical (unpaired) electrons. The lowest BCUT2D eigenvalue weighted by Gasteiger charge is -2.46. The number of nitrogens with zero attached hydrogens (tertiary/aromatic N) is 1. The van der Waals surface area contributed by atoms with Gasteiger partial charge in [-0.15, -0.1) is 0 Å². The zero-order valence-corrected chi connectivity index (χ0v) is 15.9. The average Bonchev–Trinajstić information content (AvgIpc) is 2.41. The number of amides is 1. The van der Waals surface area contributed by atoms with Crippen molar-refractivity contribution in [3.63, 3.8) is 0 Å². The van der Waals surface area contributed by atoms with E-state index in [4.69, 9.17) is 4.74 Å². The molecule has 1 saturated heterocycles. The maximum Gasteiger partial charge on any atom is 0.410 e. The van der Waals surface area contributed by atoms with E-state index in [1.54, 1.807) is 0 Å². The van der Waals surface area contributed by atoms with Crippen LogP contribution in [-0.4, -0.2) is 41.3 Å². The standard InChI is InChI=1S/C19H36N2O2/c1-14-15(20-16-11-7-8-12-19(16,5)6)10-9-13-21(14)17(22)23-18(2,3)4/h14-16,20H,7-13H2,1-6H3. The third-order valence-corrected chi connectivity index (χ3v) is 5.54. The highest BCUT2D eigenvalue weighted by Crippen LogP contribution is 2.36. The molecule has 23 heavy (non-hydrogen) atoms. The van der Waals surface area contributed by atoms with Crippen molar-refractivity contribution in [3.8, 4) is 0 Å². The van der Waals surface area contributed by atoms with Gasteiger partial charge in [-0.1, -0.05) is 26.7 Å². The van der Waals surface area contributed by atoms with Crippen LogP contribution in [0.1, 0.15) is 80.1 Å². The SMILES string of the molecule is CC1C(NC2CCCCC2(C)C)CCCN1C(=O)OC(C)(C)C. The summed E-state index contributed by atoms with van der Waals surface area (Å²) in [5.74, 6) is 0. The Labute approximate surface area is 142 Å². The summed E-state index contributed by atoms with van der Waals surface area (Å²) < 4.78 is 5.59. The van der Waals surface area contributed by atoms with E-state index in [1.165, 1.54) is 25.7 Å². The van der Waals surface area contributed by atoms with Crippen molar-refractivity contribution in [2.75, 3.05) is 6.54 Å². The Balaban J connectivity index is 1.99. The second-order valence-corrected chi connectivity index (χ2v) is 9.12. The smallest absolute Gasteiger partial charge is 0.410 e. The normalized spacial score (nSPS) is 31.7. The summed E-state index contributed by atoms with van der Waals surface area (Å²) in [7, 11) is 0. The highest BCUT2D eigenvalue weighted by molar-refractivity contribution is 5.68. The lowest BCUT2D eigenvalue weighted by atomic mass is 9.72. The van der Waals surface area contributed by atoms with Crippen LogP contribution in [0.4, 0.5) is 4.79 Å². The fraction of sp³-hybridized carbons (Fsp3) is 0.947. The number of ether oxygens (including phenoxy) is 1. The molecule has 2 aliphatic rings. The molecule has 1 N–H and O–H groups in total. The number of rotatable bonds is 2. The molecule has 4 heteroatoms. The van der Waals surface area contributed by atoms with Gasteiger partial charge >= 0.3 is 6.09 Å². The molecule has 1 aliphatic carbocycles. The van der Waals surface area contributed by atoms with Crippen molar-refractivity contribution in [2.45, 2.75) is 104 Å². The number of likely N-dealkylation sites (tertiary alicyclic amines) is 1. The van der Waals surface area contributed by atoms with Gasteiger partial charge in [0.25, 0.3) is 0 Å². The number of carbonyl (C=O) groups is 1. The zero-order valence-electron chi connectivity index (χ0n) is 15.9. The maximum absolute atomic E-state index is 12.5. The minimum atomic E-state index is -0.428. The highest BCUT2D eigenvalue weighted by Gasteiger charge is 2.38. The van der Waals surface area contributed by atoms with E-state index in [-0.39, 0.29) is 12.1 Å². The van der Waals surface area contributed by atoms with Gasteiger partial charge in [0.2, 0.25) is 0 Å². The predicted molar refractivity (Wildman–Crippen MR) is 94.6 cm³/mol. The largest absolute Gasteiger partial charge is 0.444 e. The van der Waals surface area contributed by atoms with E-state index in [0.717, 1.165) is 19.4 Å². The van der Waals surface area contributed by atoms with Crippen molar-refractivity contribution in [1.82, 2.24) is 10.2 Å². The second-order valence-electron chi connectivity index (χ2n) is 9.12. The Bertz CT molecular complexity index is 414. The first-order chi connectivity index (χ1) is 10.6. The summed E-state index contributed by atoms with van der Waals surface area (Å²) >= 11 is 0. The van der Waals surface area contributed by atoms with Crippen molar-refractivity contribution in [1.29, 1.82) is 0 Å². The fourth-order valence-corrected chi connectivity index (χ4v) is 4.01. The van der Waals surface area contributed by atoms with Crippen LogP contribution in [0.2, 0.25) is 0 Å². The van der Waals surface area contributed by atoms with Gasteiger partial charge in [0.05, 0.1) is 0 Å². The van der Waals surface area contributed by atoms with Gasteiger partial charge in [-0.25, -0.2) is 4.79 Å². The summed E-state index contributed by atoms with van der Waals surface area (Å²) in [4.78, 5) is 14.4. The summed E-state index contributed by atoms with van der Waals surface area (Å²) in [6.45, 7) is 13.5. The van der Waals surface area contributed by atoms with Gasteiger partial charge in [-0.05, 0) is 58.8 Å². The van der Waals surface area contributed by atoms with Crippen molar-refractivity contribution in [3.05, 3.63) is 0 Å². The Morgan fingerprint density at radius 3 is 2.48 bits per heavy atom. The number of hydrogen-bond acceptors (Lipinski definition) is 3. The molecular weight excluding hydrogens is 288 g/mol. The molecule has 2 rings (SSSR count). The van der Waals surface area contributed by atoms with Crippen LogP contribution in [0.3, 0.4) is 0 Å². The first-order valence-corrected chi connectivity index (χ1v) is 9.36. The number of hydrogen-bond donors (Lipinski definition) is 1. The van der Waals surface area contributed by atoms with Gasteiger partial charge in [0.15, 0.2) is 0 Å². The number of piperidine rings is 1. The van der Waals surface area contributed by atoms with Crippen LogP contribution in [0.5, 0.6) is 0 Å². The molecule has 0 aromatic carbocycles. The van der Waals surface area contributed by atoms with Crippen molar-refractivity contribution < 1.29 is 9.53 Å². The Hall–Kier alpha value is -0.770. The van der Waals surface area contributed by atoms with Gasteiger partial charge in [-0.2, -0.15) is 0 Å². The van der Waals surface area contributed by atoms with Gasteiger partial charge in [-0.3, -0.25) is 0 Å². The van der Waals surface area contributed by atoms with Crippen molar-refractivity contribution in [2.24, 2.45) is 5.41 Å². The molecule has 0 aromatic heterocycles. The predicted octanol–water partition coefficient (Wildman–Crippen LogP) is 4.33.